The third kappa shape index (κ3) is 3.26. The minimum atomic E-state index is -0.102. The van der Waals surface area contributed by atoms with Gasteiger partial charge >= 0.3 is 0 Å². The predicted molar refractivity (Wildman–Crippen MR) is 53.8 cm³/mol. The standard InChI is InChI=1S/C11H15NO2/c1-9(14)10(5-7-13)8-11-4-2-3-6-12-11/h2-4,6,10,13H,5,7-8H2,1H3. The van der Waals surface area contributed by atoms with E-state index in [2.05, 4.69) is 4.98 Å². The van der Waals surface area contributed by atoms with Crippen molar-refractivity contribution >= 4 is 5.78 Å². The van der Waals surface area contributed by atoms with Crippen LogP contribution in [0.3, 0.4) is 0 Å². The van der Waals surface area contributed by atoms with Gasteiger partial charge in [-0.15, -0.1) is 0 Å². The van der Waals surface area contributed by atoms with Gasteiger partial charge in [0, 0.05) is 24.4 Å². The molecule has 1 unspecified atom stereocenters. The maximum atomic E-state index is 11.2. The molecule has 0 spiro atoms. The Morgan fingerprint density at radius 1 is 1.57 bits per heavy atom. The summed E-state index contributed by atoms with van der Waals surface area (Å²) in [6.45, 7) is 1.61. The Balaban J connectivity index is 2.60. The Labute approximate surface area is 83.8 Å². The zero-order chi connectivity index (χ0) is 10.4. The average molecular weight is 193 g/mol. The Bertz CT molecular complexity index is 285. The van der Waals surface area contributed by atoms with Gasteiger partial charge in [-0.1, -0.05) is 6.07 Å². The van der Waals surface area contributed by atoms with E-state index in [1.807, 2.05) is 18.2 Å². The number of pyridine rings is 1. The molecular formula is C11H15NO2. The van der Waals surface area contributed by atoms with Crippen molar-refractivity contribution in [3.8, 4) is 0 Å². The van der Waals surface area contributed by atoms with Crippen LogP contribution in [0.25, 0.3) is 0 Å². The van der Waals surface area contributed by atoms with E-state index in [9.17, 15) is 4.79 Å². The molecule has 0 saturated heterocycles. The number of Topliss-reactive ketones (excluding diaryl/α,β-unsaturated/α-hetero) is 1. The number of hydrogen-bond acceptors (Lipinski definition) is 3. The number of aliphatic hydroxyl groups is 1. The molecule has 0 bridgehead atoms. The molecule has 1 aromatic rings. The minimum Gasteiger partial charge on any atom is -0.396 e. The second kappa shape index (κ2) is 5.50. The molecule has 0 fully saturated rings. The van der Waals surface area contributed by atoms with E-state index in [0.717, 1.165) is 5.69 Å². The molecule has 0 radical (unpaired) electrons. The highest BCUT2D eigenvalue weighted by Crippen LogP contribution is 2.11. The van der Waals surface area contributed by atoms with E-state index in [1.54, 1.807) is 13.1 Å². The number of nitrogens with zero attached hydrogens (tertiary/aromatic N) is 1. The second-order valence-corrected chi connectivity index (χ2v) is 3.35. The van der Waals surface area contributed by atoms with Gasteiger partial charge in [-0.2, -0.15) is 0 Å². The molecule has 0 amide bonds. The molecule has 1 aromatic heterocycles. The van der Waals surface area contributed by atoms with Crippen LogP contribution in [-0.4, -0.2) is 22.5 Å². The molecule has 1 heterocycles. The van der Waals surface area contributed by atoms with Gasteiger partial charge < -0.3 is 5.11 Å². The number of aromatic nitrogens is 1. The zero-order valence-corrected chi connectivity index (χ0v) is 8.31. The van der Waals surface area contributed by atoms with Crippen molar-refractivity contribution < 1.29 is 9.90 Å². The Kier molecular flexibility index (Phi) is 4.26. The van der Waals surface area contributed by atoms with E-state index >= 15 is 0 Å². The minimum absolute atomic E-state index is 0.0527. The summed E-state index contributed by atoms with van der Waals surface area (Å²) in [6.07, 6.45) is 2.86. The van der Waals surface area contributed by atoms with E-state index < -0.39 is 0 Å². The van der Waals surface area contributed by atoms with Gasteiger partial charge in [0.25, 0.3) is 0 Å². The monoisotopic (exact) mass is 193 g/mol. The summed E-state index contributed by atoms with van der Waals surface area (Å²) >= 11 is 0. The van der Waals surface area contributed by atoms with Crippen LogP contribution in [0.15, 0.2) is 24.4 Å². The summed E-state index contributed by atoms with van der Waals surface area (Å²) in [5.41, 5.74) is 0.904. The molecule has 0 saturated carbocycles. The van der Waals surface area contributed by atoms with Gasteiger partial charge in [0.05, 0.1) is 0 Å². The van der Waals surface area contributed by atoms with Crippen molar-refractivity contribution in [2.75, 3.05) is 6.61 Å². The number of aliphatic hydroxyl groups excluding tert-OH is 1. The first-order chi connectivity index (χ1) is 6.74. The molecule has 76 valence electrons. The lowest BCUT2D eigenvalue weighted by atomic mass is 9.96. The van der Waals surface area contributed by atoms with Crippen LogP contribution in [0, 0.1) is 5.92 Å². The molecule has 0 aromatic carbocycles. The van der Waals surface area contributed by atoms with E-state index in [-0.39, 0.29) is 18.3 Å². The molecule has 0 aliphatic heterocycles. The molecular weight excluding hydrogens is 178 g/mol. The van der Waals surface area contributed by atoms with Crippen LogP contribution in [0.5, 0.6) is 0 Å². The van der Waals surface area contributed by atoms with Crippen LogP contribution in [-0.2, 0) is 11.2 Å². The first-order valence-electron chi connectivity index (χ1n) is 4.75. The zero-order valence-electron chi connectivity index (χ0n) is 8.31. The smallest absolute Gasteiger partial charge is 0.133 e. The fourth-order valence-corrected chi connectivity index (χ4v) is 1.38. The summed E-state index contributed by atoms with van der Waals surface area (Å²) in [5.74, 6) is 0.0135. The molecule has 1 rings (SSSR count). The van der Waals surface area contributed by atoms with Crippen molar-refractivity contribution in [3.05, 3.63) is 30.1 Å². The van der Waals surface area contributed by atoms with Crippen LogP contribution < -0.4 is 0 Å². The van der Waals surface area contributed by atoms with E-state index in [4.69, 9.17) is 5.11 Å². The van der Waals surface area contributed by atoms with Crippen molar-refractivity contribution in [1.29, 1.82) is 0 Å². The van der Waals surface area contributed by atoms with E-state index in [1.165, 1.54) is 0 Å². The molecule has 3 heteroatoms. The summed E-state index contributed by atoms with van der Waals surface area (Å²) in [5, 5.41) is 8.79. The summed E-state index contributed by atoms with van der Waals surface area (Å²) in [7, 11) is 0. The molecule has 14 heavy (non-hydrogen) atoms. The lowest BCUT2D eigenvalue weighted by molar-refractivity contribution is -0.121. The quantitative estimate of drug-likeness (QED) is 0.764. The van der Waals surface area contributed by atoms with Gasteiger partial charge in [0.15, 0.2) is 0 Å². The van der Waals surface area contributed by atoms with Crippen molar-refractivity contribution in [2.24, 2.45) is 5.92 Å². The lowest BCUT2D eigenvalue weighted by Crippen LogP contribution is -2.16. The fourth-order valence-electron chi connectivity index (χ4n) is 1.38. The van der Waals surface area contributed by atoms with Crippen molar-refractivity contribution in [3.63, 3.8) is 0 Å². The Hall–Kier alpha value is -1.22. The van der Waals surface area contributed by atoms with Crippen LogP contribution in [0.4, 0.5) is 0 Å². The number of hydrogen-bond donors (Lipinski definition) is 1. The van der Waals surface area contributed by atoms with Crippen molar-refractivity contribution in [2.45, 2.75) is 19.8 Å². The average Bonchev–Trinajstić information content (AvgIpc) is 2.18. The molecule has 1 atom stereocenters. The van der Waals surface area contributed by atoms with Gasteiger partial charge in [-0.3, -0.25) is 9.78 Å². The van der Waals surface area contributed by atoms with Gasteiger partial charge in [-0.05, 0) is 31.9 Å². The molecule has 0 aliphatic carbocycles. The second-order valence-electron chi connectivity index (χ2n) is 3.35. The largest absolute Gasteiger partial charge is 0.396 e. The van der Waals surface area contributed by atoms with Gasteiger partial charge in [-0.25, -0.2) is 0 Å². The first kappa shape index (κ1) is 10.9. The Morgan fingerprint density at radius 3 is 2.86 bits per heavy atom. The van der Waals surface area contributed by atoms with Crippen LogP contribution in [0.2, 0.25) is 0 Å². The summed E-state index contributed by atoms with van der Waals surface area (Å²) in [6, 6.07) is 5.64. The topological polar surface area (TPSA) is 50.2 Å². The van der Waals surface area contributed by atoms with E-state index in [0.29, 0.717) is 12.8 Å². The maximum absolute atomic E-state index is 11.2. The molecule has 3 nitrogen and oxygen atoms in total. The van der Waals surface area contributed by atoms with Crippen molar-refractivity contribution in [1.82, 2.24) is 4.98 Å². The molecule has 1 N–H and O–H groups in total. The SMILES string of the molecule is CC(=O)C(CCO)Cc1ccccn1. The third-order valence-corrected chi connectivity index (χ3v) is 2.23. The Morgan fingerprint density at radius 2 is 2.36 bits per heavy atom. The number of rotatable bonds is 5. The van der Waals surface area contributed by atoms with Crippen LogP contribution in [0.1, 0.15) is 19.0 Å². The normalized spacial score (nSPS) is 12.4. The highest BCUT2D eigenvalue weighted by atomic mass is 16.3. The fraction of sp³-hybridized carbons (Fsp3) is 0.455. The van der Waals surface area contributed by atoms with Gasteiger partial charge in [0.2, 0.25) is 0 Å². The van der Waals surface area contributed by atoms with Crippen LogP contribution >= 0.6 is 0 Å². The highest BCUT2D eigenvalue weighted by molar-refractivity contribution is 5.78. The number of ketones is 1. The lowest BCUT2D eigenvalue weighted by Gasteiger charge is -2.10. The molecule has 0 aliphatic rings. The number of carbonyl (C=O) groups is 1. The number of carbonyl (C=O) groups excluding carboxylic acids is 1. The maximum Gasteiger partial charge on any atom is 0.133 e. The predicted octanol–water partition coefficient (Wildman–Crippen LogP) is 1.21. The first-order valence-corrected chi connectivity index (χ1v) is 4.75. The summed E-state index contributed by atoms with van der Waals surface area (Å²) < 4.78 is 0. The summed E-state index contributed by atoms with van der Waals surface area (Å²) in [4.78, 5) is 15.3. The highest BCUT2D eigenvalue weighted by Gasteiger charge is 2.14. The third-order valence-electron chi connectivity index (χ3n) is 2.23. The van der Waals surface area contributed by atoms with Gasteiger partial charge in [0.1, 0.15) is 5.78 Å².